The van der Waals surface area contributed by atoms with Crippen molar-refractivity contribution in [3.05, 3.63) is 0 Å². The van der Waals surface area contributed by atoms with Crippen LogP contribution in [-0.2, 0) is 75.8 Å². The van der Waals surface area contributed by atoms with Crippen molar-refractivity contribution in [1.82, 2.24) is 0 Å². The average Bonchev–Trinajstić information content (AvgIpc) is 1.02. The van der Waals surface area contributed by atoms with Gasteiger partial charge < -0.3 is 157 Å². The van der Waals surface area contributed by atoms with Crippen molar-refractivity contribution in [3.63, 3.8) is 0 Å². The Morgan fingerprint density at radius 3 is 0.318 bits per heavy atom. The molecule has 21 saturated heterocycles. The summed E-state index contributed by atoms with van der Waals surface area (Å²) in [7, 11) is 0. The predicted molar refractivity (Wildman–Crippen MR) is 290 cm³/mol. The Labute approximate surface area is 540 Å². The van der Waals surface area contributed by atoms with Gasteiger partial charge in [-0.05, 0) is 0 Å². The van der Waals surface area contributed by atoms with Crippen LogP contribution in [0, 0.1) is 0 Å². The lowest BCUT2D eigenvalue weighted by Crippen LogP contribution is -2.68. The lowest BCUT2D eigenvalue weighted by atomic mass is 9.95. The van der Waals surface area contributed by atoms with Crippen LogP contribution in [0.15, 0.2) is 0 Å². The van der Waals surface area contributed by atoms with E-state index in [1.807, 2.05) is 0 Å². The van der Waals surface area contributed by atoms with Crippen molar-refractivity contribution in [3.8, 4) is 0 Å². The minimum atomic E-state index is -2.10. The van der Waals surface area contributed by atoms with E-state index >= 15 is 0 Å². The number of ether oxygens (including phenoxy) is 16. The summed E-state index contributed by atoms with van der Waals surface area (Å²) in [5.74, 6) is -4.23. The van der Waals surface area contributed by atoms with Gasteiger partial charge in [-0.3, -0.25) is 0 Å². The summed E-state index contributed by atoms with van der Waals surface area (Å²) in [4.78, 5) is 0. The second-order valence-corrected chi connectivity index (χ2v) is 24.7. The van der Waals surface area contributed by atoms with Crippen LogP contribution in [-0.4, -0.2) is 374 Å². The Bertz CT molecular complexity index is 1730. The summed E-state index contributed by atoms with van der Waals surface area (Å²) in [5, 5.41) is 184. The van der Waals surface area contributed by atoms with Gasteiger partial charge in [0.15, 0.2) is 50.3 Å². The third-order valence-corrected chi connectivity index (χ3v) is 19.1. The molecule has 0 aromatic rings. The molecule has 0 aromatic heterocycles. The van der Waals surface area contributed by atoms with Gasteiger partial charge in [0.25, 0.3) is 0 Å². The third-order valence-electron chi connectivity index (χ3n) is 16.7. The van der Waals surface area contributed by atoms with Gasteiger partial charge >= 0.3 is 0 Å². The van der Waals surface area contributed by atoms with Gasteiger partial charge in [-0.1, -0.05) is 0 Å². The Hall–Kier alpha value is 1.04. The number of rotatable bonds is 8. The Morgan fingerprint density at radius 2 is 0.239 bits per heavy atom. The van der Waals surface area contributed by atoms with E-state index in [1.54, 1.807) is 0 Å². The lowest BCUT2D eigenvalue weighted by Gasteiger charge is -2.50. The minimum absolute atomic E-state index is 0.528. The summed E-state index contributed by atoms with van der Waals surface area (Å²) in [5.41, 5.74) is 0. The van der Waals surface area contributed by atoms with Gasteiger partial charge in [-0.25, -0.2) is 0 Å². The fraction of sp³-hybridized carbons (Fsp3) is 1.00. The first-order valence-electron chi connectivity index (χ1n) is 27.7. The van der Waals surface area contributed by atoms with Crippen LogP contribution in [0.5, 0.6) is 0 Å². The Balaban J connectivity index is 0.975. The molecule has 21 aliphatic heterocycles. The minimum Gasteiger partial charge on any atom is -0.387 e. The summed E-state index contributed by atoms with van der Waals surface area (Å²) in [6.07, 6.45) is -73.7. The highest BCUT2D eigenvalue weighted by Gasteiger charge is 2.60. The highest BCUT2D eigenvalue weighted by atomic mass is 35.5. The number of alkyl halides is 8. The largest absolute Gasteiger partial charge is 0.387 e. The first-order chi connectivity index (χ1) is 41.9. The van der Waals surface area contributed by atoms with E-state index in [9.17, 15) is 81.7 Å². The zero-order valence-corrected chi connectivity index (χ0v) is 51.5. The Kier molecular flexibility index (Phi) is 26.4. The fourth-order valence-electron chi connectivity index (χ4n) is 11.7. The van der Waals surface area contributed by atoms with Crippen LogP contribution in [0.3, 0.4) is 0 Å². The molecule has 21 heterocycles. The summed E-state index contributed by atoms with van der Waals surface area (Å²) in [6.45, 7) is 0. The van der Waals surface area contributed by atoms with Crippen molar-refractivity contribution in [1.29, 1.82) is 0 Å². The summed E-state index contributed by atoms with van der Waals surface area (Å²) < 4.78 is 94.3. The van der Waals surface area contributed by atoms with Gasteiger partial charge in [-0.15, -0.1) is 92.8 Å². The van der Waals surface area contributed by atoms with E-state index in [0.29, 0.717) is 0 Å². The van der Waals surface area contributed by atoms with Gasteiger partial charge in [0, 0.05) is 0 Å². The van der Waals surface area contributed by atoms with Gasteiger partial charge in [-0.2, -0.15) is 0 Å². The van der Waals surface area contributed by atoms with E-state index in [-0.39, 0.29) is 0 Å². The molecule has 40 heteroatoms. The van der Waals surface area contributed by atoms with Crippen molar-refractivity contribution < 1.29 is 157 Å². The molecule has 0 saturated carbocycles. The molecule has 40 atom stereocenters. The first-order valence-corrected chi connectivity index (χ1v) is 32.0. The maximum atomic E-state index is 11.5. The molecule has 16 N–H and O–H groups in total. The molecule has 0 aliphatic carbocycles. The lowest BCUT2D eigenvalue weighted by molar-refractivity contribution is -0.396. The number of aliphatic hydroxyl groups is 16. The quantitative estimate of drug-likeness (QED) is 0.100. The van der Waals surface area contributed by atoms with Gasteiger partial charge in [0.1, 0.15) is 195 Å². The molecule has 21 rings (SSSR count). The Morgan fingerprint density at radius 1 is 0.148 bits per heavy atom. The second kappa shape index (κ2) is 31.7. The van der Waals surface area contributed by atoms with E-state index in [2.05, 4.69) is 0 Å². The number of hydrogen-bond acceptors (Lipinski definition) is 32. The van der Waals surface area contributed by atoms with Gasteiger partial charge in [0.05, 0.1) is 47.0 Å². The van der Waals surface area contributed by atoms with Crippen molar-refractivity contribution in [2.75, 3.05) is 47.0 Å². The van der Waals surface area contributed by atoms with Crippen LogP contribution in [0.2, 0.25) is 0 Å². The smallest absolute Gasteiger partial charge is 0.187 e. The molecule has 0 unspecified atom stereocenters. The zero-order valence-electron chi connectivity index (χ0n) is 45.5. The fourth-order valence-corrected chi connectivity index (χ4v) is 13.7. The first kappa shape index (κ1) is 73.3. The molecule has 0 radical (unpaired) electrons. The number of hydrogen-bond donors (Lipinski definition) is 16. The van der Waals surface area contributed by atoms with E-state index in [4.69, 9.17) is 169 Å². The number of halogens is 8. The highest BCUT2D eigenvalue weighted by Crippen LogP contribution is 2.40. The molecule has 21 aliphatic rings. The van der Waals surface area contributed by atoms with Gasteiger partial charge in [0.2, 0.25) is 0 Å². The van der Waals surface area contributed by atoms with Crippen LogP contribution in [0.1, 0.15) is 0 Å². The normalized spacial score (nSPS) is 55.4. The van der Waals surface area contributed by atoms with Crippen molar-refractivity contribution in [2.24, 2.45) is 0 Å². The molecule has 0 spiro atoms. The standard InChI is InChI=1S/C48H72Cl8O32/c49-1-9-33-17(57)25(65)41(73-9)82-34-10(2-50)75-43(27(67)19(34)59)84-36-12(4-52)77-45(29(69)21(36)61)86-38-14(6-54)79-47(31(71)23(38)63)88-40-16(8-56)80-48(32(72)24(40)64)87-39-15(7-55)78-46(30(70)22(39)62)85-37-13(5-53)76-44(28(68)20(37)60)83-35-11(3-51)74-42(81-33)26(66)18(35)58/h9-48,57-72H,1-8H2/t9-,10-,11-,12-,13-,14-,15-,16-,17+,18+,19+,20+,21+,22+,23+,24+,25+,26+,27+,28+,29+,30+,31+,32+,33-,34-,35-,36-,37-,38-,39-,40-,41-,42-,43-,44-,45-,46-,47-,48-/m1/s1. The molecule has 512 valence electrons. The zero-order chi connectivity index (χ0) is 64.1. The molecule has 0 aromatic carbocycles. The monoisotopic (exact) mass is 1440 g/mol. The molecular weight excluding hydrogens is 1370 g/mol. The van der Waals surface area contributed by atoms with Crippen molar-refractivity contribution in [2.45, 2.75) is 246 Å². The summed E-state index contributed by atoms with van der Waals surface area (Å²) in [6, 6.07) is 0. The molecule has 0 amide bonds. The molecule has 32 nitrogen and oxygen atoms in total. The van der Waals surface area contributed by atoms with Crippen LogP contribution in [0.4, 0.5) is 0 Å². The van der Waals surface area contributed by atoms with Crippen LogP contribution in [0.25, 0.3) is 0 Å². The molecular formula is C48H72Cl8O32. The highest BCUT2D eigenvalue weighted by molar-refractivity contribution is 6.19. The second-order valence-electron chi connectivity index (χ2n) is 22.2. The SMILES string of the molecule is O[C@@H]1[C@H]2O[C@H]3[C@@H](O)[C@H](O)[C@@H](O[C@H]4[C@@H](O)[C@H](O)[C@@H](O[C@H]5[C@@H](O)[C@H](O)[C@@H](O[C@H]6[C@@H](O)[C@H](O)[C@@H](O[C@H]7[C@@H](O)[C@H](O)[C@@H](O[C@H]8[C@@H](O)[C@H](O)[C@@H](O[C@H]9[C@@H](O)[C@H](O)[C@@H](O[C@@H]([C@H]1O)[C@@H](CCl)O2)O[C@@H]9CCl)O[C@@H]8CCl)O[C@@H]7CCl)O[C@@H]6CCl)O[C@@H]5CCl)O[C@@H]4CCl)O[C@@H]3CCl. The van der Waals surface area contributed by atoms with Crippen LogP contribution >= 0.6 is 92.8 Å². The van der Waals surface area contributed by atoms with Crippen LogP contribution < -0.4 is 0 Å². The van der Waals surface area contributed by atoms with Crippen molar-refractivity contribution >= 4 is 92.8 Å². The average molecular weight is 1440 g/mol. The summed E-state index contributed by atoms with van der Waals surface area (Å²) >= 11 is 50.2. The topological polar surface area (TPSA) is 471 Å². The predicted octanol–water partition coefficient (Wildman–Crippen LogP) is -7.43. The van der Waals surface area contributed by atoms with E-state index in [0.717, 1.165) is 0 Å². The van der Waals surface area contributed by atoms with E-state index in [1.165, 1.54) is 0 Å². The molecule has 21 fully saturated rings. The maximum Gasteiger partial charge on any atom is 0.187 e. The third kappa shape index (κ3) is 14.7. The maximum absolute atomic E-state index is 11.5. The molecule has 88 heavy (non-hydrogen) atoms. The van der Waals surface area contributed by atoms with E-state index < -0.39 is 293 Å². The number of aliphatic hydroxyl groups excluding tert-OH is 16. The molecule has 16 bridgehead atoms.